The van der Waals surface area contributed by atoms with Crippen molar-refractivity contribution in [1.82, 2.24) is 5.32 Å². The van der Waals surface area contributed by atoms with Crippen molar-refractivity contribution in [2.24, 2.45) is 22.7 Å². The Morgan fingerprint density at radius 1 is 0.840 bits per heavy atom. The molecule has 81 heavy (non-hydrogen) atoms. The summed E-state index contributed by atoms with van der Waals surface area (Å²) in [5.41, 5.74) is -8.76. The lowest BCUT2D eigenvalue weighted by Gasteiger charge is -2.67. The van der Waals surface area contributed by atoms with E-state index in [4.69, 9.17) is 33.2 Å². The van der Waals surface area contributed by atoms with Crippen LogP contribution in [0.15, 0.2) is 102 Å². The largest absolute Gasteiger partial charge is 0.455 e. The van der Waals surface area contributed by atoms with Gasteiger partial charge >= 0.3 is 35.9 Å². The van der Waals surface area contributed by atoms with Gasteiger partial charge in [0.05, 0.1) is 35.6 Å². The van der Waals surface area contributed by atoms with Crippen molar-refractivity contribution in [3.8, 4) is 0 Å². The van der Waals surface area contributed by atoms with Crippen LogP contribution < -0.4 is 5.32 Å². The number of fused-ring (bicyclic) bond motifs is 5. The Hall–Kier alpha value is -6.17. The van der Waals surface area contributed by atoms with E-state index in [1.54, 1.807) is 59.7 Å². The lowest BCUT2D eigenvalue weighted by Crippen LogP contribution is -2.82. The molecular weight excluding hydrogens is 1040 g/mol. The molecule has 5 rings (SSSR count). The quantitative estimate of drug-likeness (QED) is 0.0357. The molecular formula is C64H89NO16. The minimum Gasteiger partial charge on any atom is -0.455 e. The third-order valence-electron chi connectivity index (χ3n) is 15.9. The molecule has 1 aliphatic heterocycles. The number of aliphatic hydroxyl groups excluding tert-OH is 1. The number of unbranched alkanes of at least 4 members (excludes halogenated alkanes) is 1. The summed E-state index contributed by atoms with van der Waals surface area (Å²) in [5.74, 6) is -7.08. The van der Waals surface area contributed by atoms with Crippen molar-refractivity contribution < 1.29 is 76.9 Å². The molecule has 17 heteroatoms. The zero-order valence-electron chi connectivity index (χ0n) is 49.7. The number of hydrogen-bond donors (Lipinski definition) is 3. The van der Waals surface area contributed by atoms with E-state index in [1.165, 1.54) is 26.0 Å². The maximum atomic E-state index is 15.9. The highest BCUT2D eigenvalue weighted by Crippen LogP contribution is 2.64. The number of amides is 1. The van der Waals surface area contributed by atoms with Gasteiger partial charge in [0.15, 0.2) is 17.5 Å². The first-order valence-corrected chi connectivity index (χ1v) is 28.7. The summed E-state index contributed by atoms with van der Waals surface area (Å²) in [6.07, 6.45) is 14.6. The average Bonchev–Trinajstić information content (AvgIpc) is 2.93. The maximum absolute atomic E-state index is 15.9. The summed E-state index contributed by atoms with van der Waals surface area (Å²) < 4.78 is 42.8. The minimum absolute atomic E-state index is 0.00352. The Bertz CT molecular complexity index is 2570. The van der Waals surface area contributed by atoms with Crippen LogP contribution >= 0.6 is 0 Å². The van der Waals surface area contributed by atoms with Gasteiger partial charge in [0.2, 0.25) is 6.10 Å². The minimum atomic E-state index is -2.44. The van der Waals surface area contributed by atoms with Crippen LogP contribution in [0.5, 0.6) is 0 Å². The molecule has 1 aromatic carbocycles. The summed E-state index contributed by atoms with van der Waals surface area (Å²) in [6, 6.07) is 6.66. The lowest BCUT2D eigenvalue weighted by atomic mass is 9.44. The third kappa shape index (κ3) is 15.9. The van der Waals surface area contributed by atoms with Gasteiger partial charge in [-0.05, 0) is 115 Å². The van der Waals surface area contributed by atoms with Crippen molar-refractivity contribution in [3.63, 3.8) is 0 Å². The molecule has 1 unspecified atom stereocenters. The number of hydrogen-bond acceptors (Lipinski definition) is 16. The fraction of sp³-hybridized carbons (Fsp3) is 0.609. The average molecular weight is 1130 g/mol. The van der Waals surface area contributed by atoms with Gasteiger partial charge in [0.25, 0.3) is 0 Å². The summed E-state index contributed by atoms with van der Waals surface area (Å²) in [7, 11) is 0. The SMILES string of the molecule is CC/C=C\C/C=C\C/C=C\C/C=C\C/C=C\CCCC(=O)O[C@@H](C(=O)O[C@H]1C[C@@]2(O)[C@@H](OC(=O)c3ccccc3)C3[C@](C)(C(=O)[C@H](OC(=O)CC)C(=C1C)C2(C)C)[C@@H](O)C[C@H]1OC[C@@]31OC(C)=O)[C@H](CC(C)C)NC(=O)OC(C)(C)C. The number of Topliss-reactive ketones (excluding diaryl/α,β-unsaturated/α-hetero) is 1. The molecule has 446 valence electrons. The molecule has 1 heterocycles. The zero-order chi connectivity index (χ0) is 59.9. The van der Waals surface area contributed by atoms with Crippen LogP contribution in [0.4, 0.5) is 4.79 Å². The smallest absolute Gasteiger partial charge is 0.408 e. The number of esters is 5. The fourth-order valence-electron chi connectivity index (χ4n) is 11.7. The molecule has 1 amide bonds. The summed E-state index contributed by atoms with van der Waals surface area (Å²) in [4.78, 5) is 99.9. The standard InChI is InChI=1S/C64H89NO16/c1-13-15-16-17-18-19-20-21-22-23-24-25-26-27-28-29-33-36-50(69)78-52(45(37-41(3)4)65-59(73)81-60(7,8)9)58(72)76-46-39-64(74)56(79-57(71)44-34-31-30-32-35-44)54-62(12,47(67)38-48-63(54,40-75-48)80-43(6)66)55(70)53(77-49(68)14-2)51(42(46)5)61(64,10)11/h15-16,18-19,21-22,24-25,27-28,30-32,34-35,41,45-48,52-54,56,67,74H,13-14,17,20,23,26,29,33,36-40H2,1-12H3,(H,65,73)/b16-15-,19-18-,22-21-,25-24-,28-27-/t45-,46-,47-,48+,52+,53+,54?,56-,62+,63-,64+/m0/s1. The van der Waals surface area contributed by atoms with Gasteiger partial charge in [-0.15, -0.1) is 0 Å². The monoisotopic (exact) mass is 1130 g/mol. The second-order valence-electron chi connectivity index (χ2n) is 23.8. The normalized spacial score (nSPS) is 28.0. The number of ether oxygens (including phenoxy) is 7. The Balaban J connectivity index is 1.54. The number of allylic oxidation sites excluding steroid dienone is 10. The Morgan fingerprint density at radius 3 is 1.96 bits per heavy atom. The highest BCUT2D eigenvalue weighted by molar-refractivity contribution is 5.96. The molecule has 1 saturated heterocycles. The molecule has 4 aliphatic rings. The summed E-state index contributed by atoms with van der Waals surface area (Å²) in [5, 5.41) is 29.0. The second-order valence-corrected chi connectivity index (χ2v) is 23.8. The predicted octanol–water partition coefficient (Wildman–Crippen LogP) is 10.4. The predicted molar refractivity (Wildman–Crippen MR) is 304 cm³/mol. The van der Waals surface area contributed by atoms with Gasteiger partial charge in [-0.2, -0.15) is 0 Å². The van der Waals surface area contributed by atoms with Crippen molar-refractivity contribution in [2.75, 3.05) is 6.61 Å². The summed E-state index contributed by atoms with van der Waals surface area (Å²) in [6.45, 7) is 19.3. The van der Waals surface area contributed by atoms with Crippen LogP contribution in [0.1, 0.15) is 170 Å². The number of rotatable bonds is 25. The van der Waals surface area contributed by atoms with Crippen molar-refractivity contribution in [1.29, 1.82) is 0 Å². The Labute approximate surface area is 479 Å². The topological polar surface area (TPSA) is 237 Å². The number of benzene rings is 1. The van der Waals surface area contributed by atoms with Crippen molar-refractivity contribution >= 4 is 41.7 Å². The number of alkyl carbamates (subject to hydrolysis) is 1. The molecule has 2 saturated carbocycles. The van der Waals surface area contributed by atoms with Crippen LogP contribution in [0, 0.1) is 22.7 Å². The first-order valence-electron chi connectivity index (χ1n) is 28.7. The van der Waals surface area contributed by atoms with Crippen molar-refractivity contribution in [3.05, 3.63) is 108 Å². The van der Waals surface area contributed by atoms with Crippen LogP contribution in [-0.2, 0) is 57.1 Å². The highest BCUT2D eigenvalue weighted by atomic mass is 16.6. The molecule has 17 nitrogen and oxygen atoms in total. The van der Waals surface area contributed by atoms with Crippen LogP contribution in [-0.4, -0.2) is 118 Å². The molecule has 11 atom stereocenters. The maximum Gasteiger partial charge on any atom is 0.408 e. The van der Waals surface area contributed by atoms with Gasteiger partial charge in [0, 0.05) is 38.0 Å². The van der Waals surface area contributed by atoms with Crippen LogP contribution in [0.3, 0.4) is 0 Å². The van der Waals surface area contributed by atoms with E-state index in [2.05, 4.69) is 60.8 Å². The van der Waals surface area contributed by atoms with Gasteiger partial charge in [-0.3, -0.25) is 19.2 Å². The molecule has 0 aromatic heterocycles. The molecule has 2 bridgehead atoms. The van der Waals surface area contributed by atoms with E-state index in [9.17, 15) is 34.2 Å². The highest BCUT2D eigenvalue weighted by Gasteiger charge is 2.78. The van der Waals surface area contributed by atoms with E-state index in [0.717, 1.165) is 32.6 Å². The molecule has 3 N–H and O–H groups in total. The van der Waals surface area contributed by atoms with Gasteiger partial charge in [-0.25, -0.2) is 14.4 Å². The zero-order valence-corrected chi connectivity index (χ0v) is 49.7. The van der Waals surface area contributed by atoms with Crippen LogP contribution in [0.25, 0.3) is 0 Å². The number of carbonyl (C=O) groups is 7. The molecule has 3 fully saturated rings. The molecule has 0 spiro atoms. The van der Waals surface area contributed by atoms with Crippen molar-refractivity contribution in [2.45, 2.75) is 220 Å². The van der Waals surface area contributed by atoms with Gasteiger partial charge in [0.1, 0.15) is 29.5 Å². The number of aliphatic hydroxyl groups is 2. The number of ketones is 1. The fourth-order valence-corrected chi connectivity index (χ4v) is 11.7. The third-order valence-corrected chi connectivity index (χ3v) is 15.9. The van der Waals surface area contributed by atoms with Gasteiger partial charge in [-0.1, -0.05) is 121 Å². The Kier molecular flexibility index (Phi) is 23.2. The molecule has 0 radical (unpaired) electrons. The number of carbonyl (C=O) groups excluding carboxylic acids is 7. The van der Waals surface area contributed by atoms with Gasteiger partial charge < -0.3 is 48.7 Å². The van der Waals surface area contributed by atoms with E-state index in [0.29, 0.717) is 19.3 Å². The van der Waals surface area contributed by atoms with Crippen LogP contribution in [0.2, 0.25) is 0 Å². The second kappa shape index (κ2) is 28.7. The Morgan fingerprint density at radius 2 is 1.43 bits per heavy atom. The number of nitrogens with one attached hydrogen (secondary N) is 1. The molecule has 3 aliphatic carbocycles. The lowest BCUT2D eigenvalue weighted by molar-refractivity contribution is -0.346. The van der Waals surface area contributed by atoms with E-state index in [-0.39, 0.29) is 54.9 Å². The first kappa shape index (κ1) is 65.6. The van der Waals surface area contributed by atoms with E-state index < -0.39 is 124 Å². The van der Waals surface area contributed by atoms with E-state index >= 15 is 9.59 Å². The first-order chi connectivity index (χ1) is 38.2. The van der Waals surface area contributed by atoms with E-state index in [1.807, 2.05) is 26.0 Å². The summed E-state index contributed by atoms with van der Waals surface area (Å²) >= 11 is 0. The molecule has 1 aromatic rings.